The van der Waals surface area contributed by atoms with Crippen LogP contribution in [0.15, 0.2) is 49.1 Å². The van der Waals surface area contributed by atoms with Gasteiger partial charge in [-0.05, 0) is 42.2 Å². The molecule has 5 rings (SSSR count). The largest absolute Gasteiger partial charge is 0.437 e. The van der Waals surface area contributed by atoms with Crippen molar-refractivity contribution in [2.24, 2.45) is 0 Å². The van der Waals surface area contributed by atoms with Crippen LogP contribution in [0.2, 0.25) is 0 Å². The molecular formula is C21H16F4N6. The van der Waals surface area contributed by atoms with Crippen molar-refractivity contribution in [3.8, 4) is 22.6 Å². The molecule has 0 bridgehead atoms. The van der Waals surface area contributed by atoms with Gasteiger partial charge in [0.2, 0.25) is 0 Å². The molecular weight excluding hydrogens is 412 g/mol. The number of hydrogen-bond acceptors (Lipinski definition) is 4. The van der Waals surface area contributed by atoms with E-state index < -0.39 is 11.9 Å². The standard InChI is InChI=1S/C21H16F4N6/c22-16-3-1-2-14-13(4-5-15(14)16)9-31-10-18(27-11-31)17-8-12(6-7-26-17)19-20(21(23,24)25)29-30-28-19/h1-3,6-8,10-11,13H,4-5,9H2,(H,28,29,30)/t13-/m0/s1. The predicted molar refractivity (Wildman–Crippen MR) is 103 cm³/mol. The molecule has 3 aromatic heterocycles. The van der Waals surface area contributed by atoms with Crippen LogP contribution in [0.3, 0.4) is 0 Å². The van der Waals surface area contributed by atoms with Crippen molar-refractivity contribution < 1.29 is 17.6 Å². The van der Waals surface area contributed by atoms with Gasteiger partial charge in [-0.25, -0.2) is 9.37 Å². The van der Waals surface area contributed by atoms with Crippen molar-refractivity contribution in [3.63, 3.8) is 0 Å². The molecule has 0 radical (unpaired) electrons. The van der Waals surface area contributed by atoms with Crippen LogP contribution in [-0.4, -0.2) is 29.9 Å². The lowest BCUT2D eigenvalue weighted by Crippen LogP contribution is -2.07. The van der Waals surface area contributed by atoms with Crippen LogP contribution < -0.4 is 0 Å². The zero-order valence-corrected chi connectivity index (χ0v) is 16.1. The van der Waals surface area contributed by atoms with Crippen LogP contribution in [0, 0.1) is 5.82 Å². The lowest BCUT2D eigenvalue weighted by atomic mass is 10.0. The molecule has 0 spiro atoms. The fourth-order valence-corrected chi connectivity index (χ4v) is 4.08. The smallest absolute Gasteiger partial charge is 0.336 e. The number of H-pyrrole nitrogens is 1. The number of aromatic amines is 1. The van der Waals surface area contributed by atoms with Crippen molar-refractivity contribution in [1.82, 2.24) is 29.9 Å². The minimum atomic E-state index is -4.62. The molecule has 158 valence electrons. The maximum atomic E-state index is 14.0. The first-order valence-corrected chi connectivity index (χ1v) is 9.64. The molecule has 4 aromatic rings. The average Bonchev–Trinajstić information content (AvgIpc) is 3.48. The van der Waals surface area contributed by atoms with Crippen LogP contribution >= 0.6 is 0 Å². The number of rotatable bonds is 4. The Morgan fingerprint density at radius 2 is 1.97 bits per heavy atom. The Morgan fingerprint density at radius 3 is 2.81 bits per heavy atom. The average molecular weight is 428 g/mol. The number of hydrogen-bond donors (Lipinski definition) is 1. The molecule has 0 unspecified atom stereocenters. The molecule has 0 amide bonds. The quantitative estimate of drug-likeness (QED) is 0.482. The van der Waals surface area contributed by atoms with Crippen molar-refractivity contribution in [2.75, 3.05) is 0 Å². The molecule has 1 atom stereocenters. The van der Waals surface area contributed by atoms with Gasteiger partial charge in [0.1, 0.15) is 17.2 Å². The number of benzene rings is 1. The first-order chi connectivity index (χ1) is 14.9. The lowest BCUT2D eigenvalue weighted by molar-refractivity contribution is -0.140. The summed E-state index contributed by atoms with van der Waals surface area (Å²) in [5, 5.41) is 8.91. The van der Waals surface area contributed by atoms with Crippen LogP contribution in [0.4, 0.5) is 17.6 Å². The third kappa shape index (κ3) is 3.58. The van der Waals surface area contributed by atoms with Crippen molar-refractivity contribution in [3.05, 3.63) is 71.7 Å². The fourth-order valence-electron chi connectivity index (χ4n) is 4.08. The second-order valence-corrected chi connectivity index (χ2v) is 7.45. The van der Waals surface area contributed by atoms with Gasteiger partial charge in [0, 0.05) is 30.4 Å². The third-order valence-electron chi connectivity index (χ3n) is 5.51. The van der Waals surface area contributed by atoms with Gasteiger partial charge in [0.15, 0.2) is 5.69 Å². The minimum absolute atomic E-state index is 0.168. The molecule has 10 heteroatoms. The number of pyridine rings is 1. The number of imidazole rings is 1. The van der Waals surface area contributed by atoms with Gasteiger partial charge in [0.25, 0.3) is 0 Å². The van der Waals surface area contributed by atoms with E-state index in [0.29, 0.717) is 24.4 Å². The van der Waals surface area contributed by atoms with Gasteiger partial charge in [-0.1, -0.05) is 12.1 Å². The maximum Gasteiger partial charge on any atom is 0.437 e. The number of halogens is 4. The van der Waals surface area contributed by atoms with E-state index in [4.69, 9.17) is 0 Å². The predicted octanol–water partition coefficient (Wildman–Crippen LogP) is 4.62. The number of nitrogens with one attached hydrogen (secondary N) is 1. The summed E-state index contributed by atoms with van der Waals surface area (Å²) in [4.78, 5) is 8.59. The molecule has 0 fully saturated rings. The monoisotopic (exact) mass is 428 g/mol. The normalized spacial score (nSPS) is 15.9. The lowest BCUT2D eigenvalue weighted by Gasteiger charge is -2.12. The number of aromatic nitrogens is 6. The topological polar surface area (TPSA) is 72.3 Å². The zero-order valence-electron chi connectivity index (χ0n) is 16.1. The molecule has 0 aliphatic heterocycles. The zero-order chi connectivity index (χ0) is 21.6. The first-order valence-electron chi connectivity index (χ1n) is 9.64. The molecule has 1 aliphatic rings. The Hall–Kier alpha value is -3.56. The van der Waals surface area contributed by atoms with E-state index in [1.54, 1.807) is 18.6 Å². The molecule has 6 nitrogen and oxygen atoms in total. The molecule has 0 saturated carbocycles. The Morgan fingerprint density at radius 1 is 1.10 bits per heavy atom. The Balaban J connectivity index is 1.40. The molecule has 0 saturated heterocycles. The SMILES string of the molecule is Fc1cccc2c1CC[C@H]2Cn1cnc(-c2cc(-c3n[nH]nc3C(F)(F)F)ccn2)c1. The van der Waals surface area contributed by atoms with Crippen molar-refractivity contribution in [2.45, 2.75) is 31.5 Å². The molecule has 1 aliphatic carbocycles. The Bertz CT molecular complexity index is 1240. The highest BCUT2D eigenvalue weighted by Crippen LogP contribution is 2.36. The highest BCUT2D eigenvalue weighted by molar-refractivity contribution is 5.67. The molecule has 31 heavy (non-hydrogen) atoms. The van der Waals surface area contributed by atoms with Gasteiger partial charge >= 0.3 is 6.18 Å². The second-order valence-electron chi connectivity index (χ2n) is 7.45. The summed E-state index contributed by atoms with van der Waals surface area (Å²) in [6, 6.07) is 8.10. The summed E-state index contributed by atoms with van der Waals surface area (Å²) in [6.07, 6.45) is 1.79. The van der Waals surface area contributed by atoms with Crippen molar-refractivity contribution >= 4 is 0 Å². The second kappa shape index (κ2) is 7.29. The molecule has 3 heterocycles. The summed E-state index contributed by atoms with van der Waals surface area (Å²) in [5.41, 5.74) is 1.60. The van der Waals surface area contributed by atoms with Gasteiger partial charge in [-0.3, -0.25) is 4.98 Å². The number of alkyl halides is 3. The van der Waals surface area contributed by atoms with Crippen LogP contribution in [0.5, 0.6) is 0 Å². The molecule has 1 N–H and O–H groups in total. The van der Waals surface area contributed by atoms with Gasteiger partial charge in [-0.15, -0.1) is 0 Å². The summed E-state index contributed by atoms with van der Waals surface area (Å²) in [5.74, 6) is 0.00920. The maximum absolute atomic E-state index is 14.0. The van der Waals surface area contributed by atoms with E-state index >= 15 is 0 Å². The van der Waals surface area contributed by atoms with E-state index in [-0.39, 0.29) is 23.0 Å². The fraction of sp³-hybridized carbons (Fsp3) is 0.238. The highest BCUT2D eigenvalue weighted by Gasteiger charge is 2.38. The number of fused-ring (bicyclic) bond motifs is 1. The first kappa shape index (κ1) is 19.4. The van der Waals surface area contributed by atoms with Gasteiger partial charge in [0.05, 0.1) is 12.0 Å². The summed E-state index contributed by atoms with van der Waals surface area (Å²) in [6.45, 7) is 0.630. The summed E-state index contributed by atoms with van der Waals surface area (Å²) in [7, 11) is 0. The summed E-state index contributed by atoms with van der Waals surface area (Å²) >= 11 is 0. The van der Waals surface area contributed by atoms with Crippen LogP contribution in [0.25, 0.3) is 22.6 Å². The third-order valence-corrected chi connectivity index (χ3v) is 5.51. The van der Waals surface area contributed by atoms with Crippen LogP contribution in [0.1, 0.15) is 29.2 Å². The van der Waals surface area contributed by atoms with Gasteiger partial charge < -0.3 is 4.57 Å². The minimum Gasteiger partial charge on any atom is -0.336 e. The highest BCUT2D eigenvalue weighted by atomic mass is 19.4. The van der Waals surface area contributed by atoms with E-state index in [9.17, 15) is 17.6 Å². The van der Waals surface area contributed by atoms with E-state index in [1.807, 2.05) is 15.8 Å². The number of nitrogens with zero attached hydrogens (tertiary/aromatic N) is 5. The molecule has 1 aromatic carbocycles. The van der Waals surface area contributed by atoms with Gasteiger partial charge in [-0.2, -0.15) is 28.6 Å². The summed E-state index contributed by atoms with van der Waals surface area (Å²) < 4.78 is 55.3. The van der Waals surface area contributed by atoms with E-state index in [2.05, 4.69) is 20.2 Å². The van der Waals surface area contributed by atoms with Crippen molar-refractivity contribution in [1.29, 1.82) is 0 Å². The Labute approximate surface area is 174 Å². The van der Waals surface area contributed by atoms with E-state index in [1.165, 1.54) is 24.4 Å². The van der Waals surface area contributed by atoms with E-state index in [0.717, 1.165) is 17.5 Å². The van der Waals surface area contributed by atoms with Crippen LogP contribution in [-0.2, 0) is 19.1 Å². The Kier molecular flexibility index (Phi) is 4.57.